The Labute approximate surface area is 131 Å². The molecule has 1 saturated heterocycles. The summed E-state index contributed by atoms with van der Waals surface area (Å²) in [5.74, 6) is 0.0192. The number of carbonyl (C=O) groups excluding carboxylic acids is 1. The summed E-state index contributed by atoms with van der Waals surface area (Å²) in [6.07, 6.45) is 0. The number of hydrogen-bond donors (Lipinski definition) is 0. The highest BCUT2D eigenvalue weighted by molar-refractivity contribution is 6.33. The lowest BCUT2D eigenvalue weighted by molar-refractivity contribution is 0.0193. The van der Waals surface area contributed by atoms with Crippen LogP contribution in [0.25, 0.3) is 0 Å². The molecule has 2 atom stereocenters. The van der Waals surface area contributed by atoms with Crippen LogP contribution in [0.3, 0.4) is 0 Å². The standard InChI is InChI=1S/C16H23ClN2O2/c1-12-10-18(11-13(2)19(12)8-9-21-3)16(20)14-6-4-5-7-15(14)17/h4-7,12-13H,8-11H2,1-3H3. The first-order chi connectivity index (χ1) is 10.0. The Kier molecular flexibility index (Phi) is 5.62. The summed E-state index contributed by atoms with van der Waals surface area (Å²) >= 11 is 6.13. The van der Waals surface area contributed by atoms with Crippen LogP contribution in [-0.4, -0.2) is 61.1 Å². The average Bonchev–Trinajstić information content (AvgIpc) is 2.46. The zero-order valence-corrected chi connectivity index (χ0v) is 13.6. The molecule has 0 bridgehead atoms. The normalized spacial score (nSPS) is 23.3. The summed E-state index contributed by atoms with van der Waals surface area (Å²) in [4.78, 5) is 16.9. The zero-order chi connectivity index (χ0) is 15.4. The third kappa shape index (κ3) is 3.76. The molecule has 0 aromatic heterocycles. The molecule has 1 heterocycles. The van der Waals surface area contributed by atoms with Crippen molar-refractivity contribution in [3.63, 3.8) is 0 Å². The van der Waals surface area contributed by atoms with Crippen molar-refractivity contribution < 1.29 is 9.53 Å². The molecule has 2 rings (SSSR count). The topological polar surface area (TPSA) is 32.8 Å². The van der Waals surface area contributed by atoms with Crippen LogP contribution in [-0.2, 0) is 4.74 Å². The van der Waals surface area contributed by atoms with Gasteiger partial charge in [-0.25, -0.2) is 0 Å². The Hall–Kier alpha value is -1.10. The quantitative estimate of drug-likeness (QED) is 0.856. The van der Waals surface area contributed by atoms with Crippen molar-refractivity contribution in [1.29, 1.82) is 0 Å². The molecular formula is C16H23ClN2O2. The van der Waals surface area contributed by atoms with E-state index in [0.29, 0.717) is 29.3 Å². The van der Waals surface area contributed by atoms with E-state index in [4.69, 9.17) is 16.3 Å². The molecule has 0 aliphatic carbocycles. The van der Waals surface area contributed by atoms with Crippen LogP contribution in [0.5, 0.6) is 0 Å². The number of hydrogen-bond acceptors (Lipinski definition) is 3. The Morgan fingerprint density at radius 1 is 1.29 bits per heavy atom. The molecule has 1 aliphatic rings. The second-order valence-corrected chi connectivity index (χ2v) is 6.03. The van der Waals surface area contributed by atoms with Crippen LogP contribution in [0, 0.1) is 0 Å². The number of nitrogens with zero attached hydrogens (tertiary/aromatic N) is 2. The van der Waals surface area contributed by atoms with Gasteiger partial charge in [0.1, 0.15) is 0 Å². The van der Waals surface area contributed by atoms with Crippen LogP contribution < -0.4 is 0 Å². The summed E-state index contributed by atoms with van der Waals surface area (Å²) in [6, 6.07) is 7.87. The molecule has 0 radical (unpaired) electrons. The molecule has 1 aliphatic heterocycles. The summed E-state index contributed by atoms with van der Waals surface area (Å²) in [5.41, 5.74) is 0.587. The maximum atomic E-state index is 12.6. The van der Waals surface area contributed by atoms with E-state index < -0.39 is 0 Å². The fourth-order valence-electron chi connectivity index (χ4n) is 2.96. The second-order valence-electron chi connectivity index (χ2n) is 5.62. The zero-order valence-electron chi connectivity index (χ0n) is 12.9. The molecule has 1 aromatic rings. The molecule has 0 spiro atoms. The van der Waals surface area contributed by atoms with Crippen molar-refractivity contribution in [3.8, 4) is 0 Å². The van der Waals surface area contributed by atoms with E-state index in [9.17, 15) is 4.79 Å². The lowest BCUT2D eigenvalue weighted by Gasteiger charge is -2.44. The van der Waals surface area contributed by atoms with Crippen molar-refractivity contribution in [3.05, 3.63) is 34.9 Å². The highest BCUT2D eigenvalue weighted by atomic mass is 35.5. The minimum Gasteiger partial charge on any atom is -0.383 e. The monoisotopic (exact) mass is 310 g/mol. The third-order valence-electron chi connectivity index (χ3n) is 4.05. The van der Waals surface area contributed by atoms with E-state index in [2.05, 4.69) is 18.7 Å². The van der Waals surface area contributed by atoms with Crippen molar-refractivity contribution in [2.24, 2.45) is 0 Å². The molecular weight excluding hydrogens is 288 g/mol. The number of amides is 1. The molecule has 1 amide bonds. The van der Waals surface area contributed by atoms with Crippen LogP contribution in [0.1, 0.15) is 24.2 Å². The summed E-state index contributed by atoms with van der Waals surface area (Å²) in [5, 5.41) is 0.518. The fourth-order valence-corrected chi connectivity index (χ4v) is 3.18. The number of halogens is 1. The van der Waals surface area contributed by atoms with Crippen molar-refractivity contribution in [1.82, 2.24) is 9.80 Å². The largest absolute Gasteiger partial charge is 0.383 e. The average molecular weight is 311 g/mol. The van der Waals surface area contributed by atoms with E-state index in [1.54, 1.807) is 19.2 Å². The van der Waals surface area contributed by atoms with Crippen molar-refractivity contribution in [2.75, 3.05) is 33.4 Å². The van der Waals surface area contributed by atoms with E-state index in [-0.39, 0.29) is 5.91 Å². The molecule has 4 nitrogen and oxygen atoms in total. The lowest BCUT2D eigenvalue weighted by atomic mass is 10.1. The van der Waals surface area contributed by atoms with Crippen LogP contribution in [0.4, 0.5) is 0 Å². The van der Waals surface area contributed by atoms with Gasteiger partial charge in [0.05, 0.1) is 17.2 Å². The van der Waals surface area contributed by atoms with Gasteiger partial charge in [-0.1, -0.05) is 23.7 Å². The predicted octanol–water partition coefficient (Wildman–Crippen LogP) is 2.52. The van der Waals surface area contributed by atoms with Crippen molar-refractivity contribution in [2.45, 2.75) is 25.9 Å². The minimum atomic E-state index is 0.0192. The molecule has 0 N–H and O–H groups in total. The molecule has 2 unspecified atom stereocenters. The van der Waals surface area contributed by atoms with Gasteiger partial charge >= 0.3 is 0 Å². The van der Waals surface area contributed by atoms with Crippen LogP contribution in [0.2, 0.25) is 5.02 Å². The molecule has 21 heavy (non-hydrogen) atoms. The van der Waals surface area contributed by atoms with E-state index in [1.807, 2.05) is 17.0 Å². The first-order valence-electron chi connectivity index (χ1n) is 7.33. The maximum absolute atomic E-state index is 12.6. The number of ether oxygens (including phenoxy) is 1. The maximum Gasteiger partial charge on any atom is 0.255 e. The van der Waals surface area contributed by atoms with Gasteiger partial charge in [0.25, 0.3) is 5.91 Å². The van der Waals surface area contributed by atoms with Gasteiger partial charge in [-0.05, 0) is 26.0 Å². The number of piperazine rings is 1. The molecule has 1 fully saturated rings. The smallest absolute Gasteiger partial charge is 0.255 e. The number of methoxy groups -OCH3 is 1. The van der Waals surface area contributed by atoms with Gasteiger partial charge in [-0.3, -0.25) is 9.69 Å². The first-order valence-corrected chi connectivity index (χ1v) is 7.71. The Morgan fingerprint density at radius 2 is 1.90 bits per heavy atom. The van der Waals surface area contributed by atoms with Crippen molar-refractivity contribution >= 4 is 17.5 Å². The SMILES string of the molecule is COCCN1C(C)CN(C(=O)c2ccccc2Cl)CC1C. The fraction of sp³-hybridized carbons (Fsp3) is 0.562. The van der Waals surface area contributed by atoms with Gasteiger partial charge in [0.15, 0.2) is 0 Å². The Bertz CT molecular complexity index is 483. The van der Waals surface area contributed by atoms with E-state index in [0.717, 1.165) is 19.6 Å². The van der Waals surface area contributed by atoms with Crippen LogP contribution >= 0.6 is 11.6 Å². The number of carbonyl (C=O) groups is 1. The van der Waals surface area contributed by atoms with E-state index >= 15 is 0 Å². The highest BCUT2D eigenvalue weighted by Crippen LogP contribution is 2.21. The first kappa shape index (κ1) is 16.3. The summed E-state index contributed by atoms with van der Waals surface area (Å²) < 4.78 is 5.16. The van der Waals surface area contributed by atoms with Gasteiger partial charge in [0, 0.05) is 38.8 Å². The highest BCUT2D eigenvalue weighted by Gasteiger charge is 2.32. The predicted molar refractivity (Wildman–Crippen MR) is 84.9 cm³/mol. The third-order valence-corrected chi connectivity index (χ3v) is 4.38. The van der Waals surface area contributed by atoms with Gasteiger partial charge < -0.3 is 9.64 Å². The molecule has 1 aromatic carbocycles. The molecule has 116 valence electrons. The minimum absolute atomic E-state index is 0.0192. The van der Waals surface area contributed by atoms with Gasteiger partial charge in [-0.2, -0.15) is 0 Å². The number of benzene rings is 1. The lowest BCUT2D eigenvalue weighted by Crippen LogP contribution is -2.58. The second kappa shape index (κ2) is 7.25. The molecule has 0 saturated carbocycles. The van der Waals surface area contributed by atoms with Crippen LogP contribution in [0.15, 0.2) is 24.3 Å². The summed E-state index contributed by atoms with van der Waals surface area (Å²) in [6.45, 7) is 7.35. The van der Waals surface area contributed by atoms with Gasteiger partial charge in [-0.15, -0.1) is 0 Å². The Balaban J connectivity index is 2.07. The summed E-state index contributed by atoms with van der Waals surface area (Å²) in [7, 11) is 1.71. The molecule has 5 heteroatoms. The van der Waals surface area contributed by atoms with E-state index in [1.165, 1.54) is 0 Å². The number of rotatable bonds is 4. The Morgan fingerprint density at radius 3 is 2.48 bits per heavy atom. The van der Waals surface area contributed by atoms with Gasteiger partial charge in [0.2, 0.25) is 0 Å².